The monoisotopic (exact) mass is 286 g/mol. The molecule has 1 N–H and O–H groups in total. The molecule has 0 aromatic rings. The van der Waals surface area contributed by atoms with E-state index in [0.717, 1.165) is 19.3 Å². The number of carboxylic acids is 1. The van der Waals surface area contributed by atoms with Crippen LogP contribution < -0.4 is 0 Å². The zero-order chi connectivity index (χ0) is 15.2. The molecular weight excluding hydrogens is 260 g/mol. The van der Waals surface area contributed by atoms with Crippen LogP contribution in [0.25, 0.3) is 0 Å². The van der Waals surface area contributed by atoms with Crippen LogP contribution in [0.5, 0.6) is 0 Å². The molecule has 0 atom stereocenters. The number of unbranched alkanes of at least 4 members (excludes halogenated alkanes) is 1. The van der Waals surface area contributed by atoms with E-state index in [9.17, 15) is 9.59 Å². The van der Waals surface area contributed by atoms with Gasteiger partial charge in [-0.3, -0.25) is 9.69 Å². The van der Waals surface area contributed by atoms with Crippen molar-refractivity contribution >= 4 is 12.1 Å². The first kappa shape index (κ1) is 16.8. The molecule has 1 heterocycles. The number of carbonyl (C=O) groups is 2. The van der Waals surface area contributed by atoms with Crippen molar-refractivity contribution in [3.63, 3.8) is 0 Å². The highest BCUT2D eigenvalue weighted by Gasteiger charge is 2.28. The van der Waals surface area contributed by atoms with Gasteiger partial charge in [0.1, 0.15) is 5.60 Å². The minimum absolute atomic E-state index is 0.0326. The van der Waals surface area contributed by atoms with E-state index in [-0.39, 0.29) is 12.6 Å². The van der Waals surface area contributed by atoms with Gasteiger partial charge in [-0.1, -0.05) is 13.3 Å². The van der Waals surface area contributed by atoms with Gasteiger partial charge in [0.05, 0.1) is 6.54 Å². The van der Waals surface area contributed by atoms with E-state index in [1.165, 1.54) is 0 Å². The Morgan fingerprint density at radius 1 is 1.20 bits per heavy atom. The third-order valence-corrected chi connectivity index (χ3v) is 3.49. The minimum Gasteiger partial charge on any atom is -0.480 e. The summed E-state index contributed by atoms with van der Waals surface area (Å²) in [6, 6.07) is 0. The van der Waals surface area contributed by atoms with Crippen molar-refractivity contribution in [2.24, 2.45) is 0 Å². The smallest absolute Gasteiger partial charge is 0.410 e. The highest BCUT2D eigenvalue weighted by atomic mass is 16.6. The van der Waals surface area contributed by atoms with Crippen LogP contribution in [0, 0.1) is 0 Å². The second-order valence-corrected chi connectivity index (χ2v) is 5.89. The van der Waals surface area contributed by atoms with E-state index in [1.807, 2.05) is 18.7 Å². The molecule has 0 aromatic carbocycles. The lowest BCUT2D eigenvalue weighted by Crippen LogP contribution is -2.51. The van der Waals surface area contributed by atoms with Crippen LogP contribution in [-0.2, 0) is 9.53 Å². The van der Waals surface area contributed by atoms with E-state index in [0.29, 0.717) is 26.2 Å². The third kappa shape index (κ3) is 5.77. The topological polar surface area (TPSA) is 70.1 Å². The maximum absolute atomic E-state index is 12.1. The highest BCUT2D eigenvalue weighted by molar-refractivity contribution is 5.69. The fourth-order valence-electron chi connectivity index (χ4n) is 2.23. The van der Waals surface area contributed by atoms with Crippen LogP contribution in [0.15, 0.2) is 0 Å². The van der Waals surface area contributed by atoms with Gasteiger partial charge < -0.3 is 14.7 Å². The molecule has 0 unspecified atom stereocenters. The number of carbonyl (C=O) groups excluding carboxylic acids is 1. The Bertz CT molecular complexity index is 336. The number of nitrogens with zero attached hydrogens (tertiary/aromatic N) is 2. The van der Waals surface area contributed by atoms with Gasteiger partial charge in [0.25, 0.3) is 0 Å². The van der Waals surface area contributed by atoms with Crippen molar-refractivity contribution in [2.75, 3.05) is 32.7 Å². The number of hydrogen-bond acceptors (Lipinski definition) is 4. The number of piperazine rings is 1. The fourth-order valence-corrected chi connectivity index (χ4v) is 2.23. The molecule has 6 nitrogen and oxygen atoms in total. The summed E-state index contributed by atoms with van der Waals surface area (Å²) in [5.41, 5.74) is -0.439. The molecule has 0 aliphatic carbocycles. The molecule has 0 saturated carbocycles. The van der Waals surface area contributed by atoms with Crippen LogP contribution in [0.2, 0.25) is 0 Å². The summed E-state index contributed by atoms with van der Waals surface area (Å²) in [5.74, 6) is -0.832. The van der Waals surface area contributed by atoms with Crippen molar-refractivity contribution in [1.29, 1.82) is 0 Å². The Kier molecular flexibility index (Phi) is 6.26. The molecule has 1 rings (SSSR count). The second kappa shape index (κ2) is 7.47. The van der Waals surface area contributed by atoms with Gasteiger partial charge >= 0.3 is 12.1 Å². The van der Waals surface area contributed by atoms with E-state index in [1.54, 1.807) is 4.90 Å². The molecule has 0 bridgehead atoms. The van der Waals surface area contributed by atoms with Crippen molar-refractivity contribution in [3.8, 4) is 0 Å². The molecule has 116 valence electrons. The molecule has 0 aromatic heterocycles. The highest BCUT2D eigenvalue weighted by Crippen LogP contribution is 2.19. The molecule has 6 heteroatoms. The van der Waals surface area contributed by atoms with Crippen molar-refractivity contribution in [2.45, 2.75) is 45.6 Å². The number of ether oxygens (including phenoxy) is 1. The first-order valence-corrected chi connectivity index (χ1v) is 7.26. The Morgan fingerprint density at radius 2 is 1.80 bits per heavy atom. The molecule has 0 spiro atoms. The van der Waals surface area contributed by atoms with E-state index in [2.05, 4.69) is 6.92 Å². The van der Waals surface area contributed by atoms with E-state index >= 15 is 0 Å². The van der Waals surface area contributed by atoms with Crippen LogP contribution in [0.4, 0.5) is 4.79 Å². The summed E-state index contributed by atoms with van der Waals surface area (Å²) in [6.45, 7) is 8.21. The predicted molar refractivity (Wildman–Crippen MR) is 75.7 cm³/mol. The van der Waals surface area contributed by atoms with E-state index < -0.39 is 11.6 Å². The summed E-state index contributed by atoms with van der Waals surface area (Å²) in [4.78, 5) is 26.2. The predicted octanol–water partition coefficient (Wildman–Crippen LogP) is 1.79. The Morgan fingerprint density at radius 3 is 2.30 bits per heavy atom. The summed E-state index contributed by atoms with van der Waals surface area (Å²) >= 11 is 0. The molecule has 1 fully saturated rings. The molecule has 0 radical (unpaired) electrons. The van der Waals surface area contributed by atoms with Gasteiger partial charge in [0, 0.05) is 26.2 Å². The summed E-state index contributed by atoms with van der Waals surface area (Å²) in [6.07, 6.45) is 2.68. The van der Waals surface area contributed by atoms with Crippen LogP contribution in [0.1, 0.15) is 40.0 Å². The summed E-state index contributed by atoms with van der Waals surface area (Å²) in [5, 5.41) is 8.73. The van der Waals surface area contributed by atoms with Gasteiger partial charge in [0.2, 0.25) is 0 Å². The second-order valence-electron chi connectivity index (χ2n) is 5.89. The van der Waals surface area contributed by atoms with Gasteiger partial charge in [-0.2, -0.15) is 0 Å². The maximum atomic E-state index is 12.1. The molecule has 1 aliphatic heterocycles. The van der Waals surface area contributed by atoms with Crippen molar-refractivity contribution in [1.82, 2.24) is 9.80 Å². The quantitative estimate of drug-likeness (QED) is 0.806. The van der Waals surface area contributed by atoms with Crippen LogP contribution >= 0.6 is 0 Å². The average molecular weight is 286 g/mol. The lowest BCUT2D eigenvalue weighted by atomic mass is 10.0. The van der Waals surface area contributed by atoms with Crippen molar-refractivity contribution < 1.29 is 19.4 Å². The molecular formula is C14H26N2O4. The Hall–Kier alpha value is -1.30. The van der Waals surface area contributed by atoms with Gasteiger partial charge in [-0.25, -0.2) is 4.79 Å². The lowest BCUT2D eigenvalue weighted by Gasteiger charge is -2.35. The Labute approximate surface area is 120 Å². The standard InChI is InChI=1S/C14H26N2O4/c1-4-5-6-14(2,3)20-13(19)16-9-7-15(8-10-16)11-12(17)18/h4-11H2,1-3H3,(H,17,18). The molecule has 1 aliphatic rings. The molecule has 1 amide bonds. The first-order valence-electron chi connectivity index (χ1n) is 7.26. The van der Waals surface area contributed by atoms with E-state index in [4.69, 9.17) is 9.84 Å². The SMILES string of the molecule is CCCCC(C)(C)OC(=O)N1CCN(CC(=O)O)CC1. The minimum atomic E-state index is -0.832. The third-order valence-electron chi connectivity index (χ3n) is 3.49. The zero-order valence-electron chi connectivity index (χ0n) is 12.7. The number of carboxylic acid groups (broad SMARTS) is 1. The Balaban J connectivity index is 2.37. The molecule has 1 saturated heterocycles. The fraction of sp³-hybridized carbons (Fsp3) is 0.857. The van der Waals surface area contributed by atoms with Gasteiger partial charge in [-0.05, 0) is 26.7 Å². The average Bonchev–Trinajstić information content (AvgIpc) is 2.36. The summed E-state index contributed by atoms with van der Waals surface area (Å²) in [7, 11) is 0. The lowest BCUT2D eigenvalue weighted by molar-refractivity contribution is -0.138. The number of hydrogen-bond donors (Lipinski definition) is 1. The number of rotatable bonds is 6. The first-order chi connectivity index (χ1) is 9.34. The zero-order valence-corrected chi connectivity index (χ0v) is 12.7. The van der Waals surface area contributed by atoms with Crippen LogP contribution in [-0.4, -0.2) is 65.3 Å². The number of aliphatic carboxylic acids is 1. The normalized spacial score (nSPS) is 17.1. The number of amides is 1. The molecule has 20 heavy (non-hydrogen) atoms. The van der Waals surface area contributed by atoms with Gasteiger partial charge in [-0.15, -0.1) is 0 Å². The maximum Gasteiger partial charge on any atom is 0.410 e. The summed E-state index contributed by atoms with van der Waals surface area (Å²) < 4.78 is 5.55. The van der Waals surface area contributed by atoms with Gasteiger partial charge in [0.15, 0.2) is 0 Å². The largest absolute Gasteiger partial charge is 0.480 e. The van der Waals surface area contributed by atoms with Crippen LogP contribution in [0.3, 0.4) is 0 Å². The van der Waals surface area contributed by atoms with Crippen molar-refractivity contribution in [3.05, 3.63) is 0 Å².